The first kappa shape index (κ1) is 14.3. The van der Waals surface area contributed by atoms with Crippen LogP contribution < -0.4 is 21.9 Å². The van der Waals surface area contributed by atoms with Crippen molar-refractivity contribution in [1.29, 1.82) is 0 Å². The Balaban J connectivity index is 2.72. The molecule has 0 heterocycles. The molecule has 7 nitrogen and oxygen atoms in total. The SMILES string of the molecule is NC(=O)CCCNc1cc(N)cc(S(N)(=O)=O)c1. The molecule has 1 rings (SSSR count). The van der Waals surface area contributed by atoms with Crippen LogP contribution in [0.1, 0.15) is 12.8 Å². The minimum Gasteiger partial charge on any atom is -0.399 e. The molecule has 1 aromatic carbocycles. The Kier molecular flexibility index (Phi) is 4.51. The number of benzene rings is 1. The predicted molar refractivity (Wildman–Crippen MR) is 69.1 cm³/mol. The number of primary amides is 1. The first-order valence-corrected chi connectivity index (χ1v) is 6.79. The first-order chi connectivity index (χ1) is 8.29. The molecule has 0 fully saturated rings. The Labute approximate surface area is 105 Å². The van der Waals surface area contributed by atoms with E-state index in [-0.39, 0.29) is 17.2 Å². The summed E-state index contributed by atoms with van der Waals surface area (Å²) in [4.78, 5) is 10.5. The third-order valence-corrected chi connectivity index (χ3v) is 3.08. The van der Waals surface area contributed by atoms with E-state index in [4.69, 9.17) is 16.6 Å². The van der Waals surface area contributed by atoms with Crippen LogP contribution in [0.4, 0.5) is 11.4 Å². The molecule has 1 amide bonds. The quantitative estimate of drug-likeness (QED) is 0.411. The average Bonchev–Trinajstić information content (AvgIpc) is 2.22. The van der Waals surface area contributed by atoms with E-state index in [0.29, 0.717) is 24.3 Å². The maximum Gasteiger partial charge on any atom is 0.238 e. The summed E-state index contributed by atoms with van der Waals surface area (Å²) in [6.45, 7) is 0.483. The van der Waals surface area contributed by atoms with E-state index in [1.807, 2.05) is 0 Å². The molecule has 0 saturated heterocycles. The van der Waals surface area contributed by atoms with Crippen LogP contribution in [0.2, 0.25) is 0 Å². The molecule has 8 heteroatoms. The molecular weight excluding hydrogens is 256 g/mol. The molecule has 0 unspecified atom stereocenters. The van der Waals surface area contributed by atoms with E-state index >= 15 is 0 Å². The van der Waals surface area contributed by atoms with Gasteiger partial charge >= 0.3 is 0 Å². The van der Waals surface area contributed by atoms with Crippen molar-refractivity contribution in [3.63, 3.8) is 0 Å². The van der Waals surface area contributed by atoms with Gasteiger partial charge in [0, 0.05) is 24.3 Å². The predicted octanol–water partition coefficient (Wildman–Crippen LogP) is -0.406. The van der Waals surface area contributed by atoms with E-state index in [9.17, 15) is 13.2 Å². The summed E-state index contributed by atoms with van der Waals surface area (Å²) < 4.78 is 22.4. The second kappa shape index (κ2) is 5.69. The smallest absolute Gasteiger partial charge is 0.238 e. The number of rotatable bonds is 6. The number of hydrogen-bond donors (Lipinski definition) is 4. The average molecular weight is 272 g/mol. The molecule has 0 bridgehead atoms. The van der Waals surface area contributed by atoms with Gasteiger partial charge in [-0.3, -0.25) is 4.79 Å². The molecule has 0 atom stereocenters. The molecule has 18 heavy (non-hydrogen) atoms. The van der Waals surface area contributed by atoms with Crippen molar-refractivity contribution in [1.82, 2.24) is 0 Å². The lowest BCUT2D eigenvalue weighted by molar-refractivity contribution is -0.118. The molecule has 0 aliphatic heterocycles. The zero-order valence-electron chi connectivity index (χ0n) is 9.72. The number of amides is 1. The van der Waals surface area contributed by atoms with Gasteiger partial charge in [0.15, 0.2) is 0 Å². The van der Waals surface area contributed by atoms with Gasteiger partial charge in [0.05, 0.1) is 4.90 Å². The molecule has 0 saturated carbocycles. The number of carbonyl (C=O) groups is 1. The third kappa shape index (κ3) is 4.60. The van der Waals surface area contributed by atoms with Gasteiger partial charge in [-0.15, -0.1) is 0 Å². The molecule has 0 spiro atoms. The van der Waals surface area contributed by atoms with Crippen LogP contribution in [0.3, 0.4) is 0 Å². The maximum atomic E-state index is 11.2. The van der Waals surface area contributed by atoms with E-state index < -0.39 is 10.0 Å². The van der Waals surface area contributed by atoms with Gasteiger partial charge in [0.1, 0.15) is 0 Å². The normalized spacial score (nSPS) is 11.2. The molecule has 100 valence electrons. The standard InChI is InChI=1S/C10H16N4O3S/c11-7-4-8(14-3-1-2-10(12)15)6-9(5-7)18(13,16)17/h4-6,14H,1-3,11H2,(H2,12,15)(H2,13,16,17). The van der Waals surface area contributed by atoms with Crippen molar-refractivity contribution in [2.45, 2.75) is 17.7 Å². The van der Waals surface area contributed by atoms with E-state index in [0.717, 1.165) is 0 Å². The minimum atomic E-state index is -3.79. The largest absolute Gasteiger partial charge is 0.399 e. The number of hydrogen-bond acceptors (Lipinski definition) is 5. The molecule has 0 aliphatic rings. The summed E-state index contributed by atoms with van der Waals surface area (Å²) in [5.41, 5.74) is 11.4. The first-order valence-electron chi connectivity index (χ1n) is 5.24. The lowest BCUT2D eigenvalue weighted by Crippen LogP contribution is -2.14. The lowest BCUT2D eigenvalue weighted by Gasteiger charge is -2.08. The fourth-order valence-corrected chi connectivity index (χ4v) is 1.98. The summed E-state index contributed by atoms with van der Waals surface area (Å²) in [5.74, 6) is -0.380. The molecule has 0 radical (unpaired) electrons. The maximum absolute atomic E-state index is 11.2. The van der Waals surface area contributed by atoms with E-state index in [1.54, 1.807) is 6.07 Å². The number of nitrogens with two attached hydrogens (primary N) is 3. The van der Waals surface area contributed by atoms with E-state index in [2.05, 4.69) is 5.32 Å². The number of anilines is 2. The van der Waals surface area contributed by atoms with Crippen LogP contribution in [0.5, 0.6) is 0 Å². The van der Waals surface area contributed by atoms with Gasteiger partial charge in [-0.05, 0) is 24.6 Å². The number of sulfonamides is 1. The highest BCUT2D eigenvalue weighted by atomic mass is 32.2. The van der Waals surface area contributed by atoms with Crippen LogP contribution in [0.15, 0.2) is 23.1 Å². The van der Waals surface area contributed by atoms with Crippen LogP contribution in [0.25, 0.3) is 0 Å². The highest BCUT2D eigenvalue weighted by molar-refractivity contribution is 7.89. The second-order valence-corrected chi connectivity index (χ2v) is 5.39. The Morgan fingerprint density at radius 2 is 1.94 bits per heavy atom. The summed E-state index contributed by atoms with van der Waals surface area (Å²) in [5, 5.41) is 7.96. The Hall–Kier alpha value is -1.80. The lowest BCUT2D eigenvalue weighted by atomic mass is 10.2. The molecule has 7 N–H and O–H groups in total. The summed E-state index contributed by atoms with van der Waals surface area (Å²) in [6, 6.07) is 4.25. The van der Waals surface area contributed by atoms with Gasteiger partial charge in [-0.25, -0.2) is 13.6 Å². The van der Waals surface area contributed by atoms with Gasteiger partial charge in [0.25, 0.3) is 0 Å². The minimum absolute atomic E-state index is 0.0556. The van der Waals surface area contributed by atoms with E-state index in [1.165, 1.54) is 12.1 Å². The van der Waals surface area contributed by atoms with Crippen LogP contribution >= 0.6 is 0 Å². The van der Waals surface area contributed by atoms with Crippen LogP contribution in [-0.2, 0) is 14.8 Å². The number of carbonyl (C=O) groups excluding carboxylic acids is 1. The highest BCUT2D eigenvalue weighted by Gasteiger charge is 2.09. The molecule has 0 aromatic heterocycles. The molecule has 1 aromatic rings. The zero-order valence-corrected chi connectivity index (χ0v) is 10.5. The van der Waals surface area contributed by atoms with Gasteiger partial charge in [0.2, 0.25) is 15.9 Å². The van der Waals surface area contributed by atoms with Crippen molar-refractivity contribution in [3.8, 4) is 0 Å². The monoisotopic (exact) mass is 272 g/mol. The summed E-state index contributed by atoms with van der Waals surface area (Å²) in [7, 11) is -3.79. The second-order valence-electron chi connectivity index (χ2n) is 3.83. The van der Waals surface area contributed by atoms with Crippen molar-refractivity contribution in [2.24, 2.45) is 10.9 Å². The van der Waals surface area contributed by atoms with Crippen molar-refractivity contribution >= 4 is 27.3 Å². The number of primary sulfonamides is 1. The Morgan fingerprint density at radius 1 is 1.28 bits per heavy atom. The zero-order chi connectivity index (χ0) is 13.8. The highest BCUT2D eigenvalue weighted by Crippen LogP contribution is 2.19. The number of nitrogen functional groups attached to an aromatic ring is 1. The van der Waals surface area contributed by atoms with Crippen molar-refractivity contribution in [3.05, 3.63) is 18.2 Å². The fourth-order valence-electron chi connectivity index (χ4n) is 1.38. The molecule has 0 aliphatic carbocycles. The van der Waals surface area contributed by atoms with Crippen molar-refractivity contribution < 1.29 is 13.2 Å². The van der Waals surface area contributed by atoms with Crippen molar-refractivity contribution in [2.75, 3.05) is 17.6 Å². The van der Waals surface area contributed by atoms with Gasteiger partial charge < -0.3 is 16.8 Å². The van der Waals surface area contributed by atoms with Crippen LogP contribution in [0, 0.1) is 0 Å². The Morgan fingerprint density at radius 3 is 2.50 bits per heavy atom. The Bertz CT molecular complexity index is 542. The topological polar surface area (TPSA) is 141 Å². The van der Waals surface area contributed by atoms with Crippen LogP contribution in [-0.4, -0.2) is 20.9 Å². The summed E-state index contributed by atoms with van der Waals surface area (Å²) in [6.07, 6.45) is 0.812. The number of nitrogens with one attached hydrogen (secondary N) is 1. The third-order valence-electron chi connectivity index (χ3n) is 2.19. The molecular formula is C10H16N4O3S. The van der Waals surface area contributed by atoms with Gasteiger partial charge in [-0.2, -0.15) is 0 Å². The fraction of sp³-hybridized carbons (Fsp3) is 0.300. The van der Waals surface area contributed by atoms with Gasteiger partial charge in [-0.1, -0.05) is 0 Å². The summed E-state index contributed by atoms with van der Waals surface area (Å²) >= 11 is 0.